The predicted octanol–water partition coefficient (Wildman–Crippen LogP) is 2.19. The van der Waals surface area contributed by atoms with Gasteiger partial charge in [0.2, 0.25) is 5.95 Å². The van der Waals surface area contributed by atoms with Crippen LogP contribution in [0.4, 0.5) is 5.95 Å². The molecule has 0 radical (unpaired) electrons. The van der Waals surface area contributed by atoms with E-state index in [0.29, 0.717) is 17.0 Å². The molecule has 0 aliphatic rings. The van der Waals surface area contributed by atoms with Crippen molar-refractivity contribution in [3.8, 4) is 22.5 Å². The Kier molecular flexibility index (Phi) is 3.79. The van der Waals surface area contributed by atoms with E-state index in [1.807, 2.05) is 30.3 Å². The maximum atomic E-state index is 11.8. The van der Waals surface area contributed by atoms with Gasteiger partial charge in [0.1, 0.15) is 11.4 Å². The highest BCUT2D eigenvalue weighted by Crippen LogP contribution is 2.29. The number of hydrogen-bond acceptors (Lipinski definition) is 6. The molecule has 116 valence electrons. The molecule has 0 spiro atoms. The second-order valence-corrected chi connectivity index (χ2v) is 7.05. The summed E-state index contributed by atoms with van der Waals surface area (Å²) < 4.78 is 23.5. The Hall–Kier alpha value is -2.80. The fourth-order valence-electron chi connectivity index (χ4n) is 2.20. The first kappa shape index (κ1) is 15.1. The van der Waals surface area contributed by atoms with Gasteiger partial charge in [-0.3, -0.25) is 0 Å². The van der Waals surface area contributed by atoms with Crippen LogP contribution in [-0.4, -0.2) is 29.9 Å². The predicted molar refractivity (Wildman–Crippen MR) is 88.2 cm³/mol. The molecule has 6 nitrogen and oxygen atoms in total. The Morgan fingerprint density at radius 3 is 2.26 bits per heavy atom. The molecule has 1 heterocycles. The molecule has 3 aromatic rings. The van der Waals surface area contributed by atoms with Gasteiger partial charge in [-0.1, -0.05) is 42.5 Å². The molecule has 0 saturated carbocycles. The topological polar surface area (TPSA) is 98.8 Å². The van der Waals surface area contributed by atoms with E-state index in [2.05, 4.69) is 15.2 Å². The van der Waals surface area contributed by atoms with E-state index in [1.165, 1.54) is 0 Å². The molecule has 7 heteroatoms. The molecule has 0 saturated heterocycles. The number of nitrogens with zero attached hydrogens (tertiary/aromatic N) is 3. The van der Waals surface area contributed by atoms with Crippen LogP contribution in [0, 0.1) is 0 Å². The number of hydrogen-bond donors (Lipinski definition) is 1. The van der Waals surface area contributed by atoms with Crippen LogP contribution in [0.2, 0.25) is 0 Å². The number of nitrogens with two attached hydrogens (primary N) is 1. The molecule has 0 atom stereocenters. The SMILES string of the molecule is CS(=O)(=O)c1cccc(-c2nnc(N)nc2-c2ccccc2)c1. The van der Waals surface area contributed by atoms with E-state index in [1.54, 1.807) is 24.3 Å². The molecule has 2 aromatic carbocycles. The van der Waals surface area contributed by atoms with Crippen molar-refractivity contribution in [3.05, 3.63) is 54.6 Å². The minimum atomic E-state index is -3.31. The highest BCUT2D eigenvalue weighted by Gasteiger charge is 2.15. The first-order valence-corrected chi connectivity index (χ1v) is 8.70. The second kappa shape index (κ2) is 5.77. The zero-order chi connectivity index (χ0) is 16.4. The van der Waals surface area contributed by atoms with Gasteiger partial charge >= 0.3 is 0 Å². The van der Waals surface area contributed by atoms with Gasteiger partial charge in [0.25, 0.3) is 0 Å². The number of rotatable bonds is 3. The van der Waals surface area contributed by atoms with Crippen molar-refractivity contribution >= 4 is 15.8 Å². The molecule has 0 aliphatic carbocycles. The molecular formula is C16H14N4O2S. The minimum Gasteiger partial charge on any atom is -0.366 e. The highest BCUT2D eigenvalue weighted by molar-refractivity contribution is 7.90. The summed E-state index contributed by atoms with van der Waals surface area (Å²) in [5, 5.41) is 7.92. The van der Waals surface area contributed by atoms with Crippen molar-refractivity contribution in [2.24, 2.45) is 0 Å². The van der Waals surface area contributed by atoms with Gasteiger partial charge in [-0.05, 0) is 12.1 Å². The number of anilines is 1. The van der Waals surface area contributed by atoms with Crippen LogP contribution in [0.15, 0.2) is 59.5 Å². The zero-order valence-corrected chi connectivity index (χ0v) is 13.2. The first-order valence-electron chi connectivity index (χ1n) is 6.81. The maximum Gasteiger partial charge on any atom is 0.240 e. The van der Waals surface area contributed by atoms with Gasteiger partial charge in [-0.25, -0.2) is 13.4 Å². The van der Waals surface area contributed by atoms with E-state index < -0.39 is 9.84 Å². The van der Waals surface area contributed by atoms with E-state index in [9.17, 15) is 8.42 Å². The molecule has 23 heavy (non-hydrogen) atoms. The first-order chi connectivity index (χ1) is 10.9. The molecule has 0 bridgehead atoms. The van der Waals surface area contributed by atoms with Crippen LogP contribution in [0.25, 0.3) is 22.5 Å². The van der Waals surface area contributed by atoms with Gasteiger partial charge in [0, 0.05) is 17.4 Å². The van der Waals surface area contributed by atoms with Crippen molar-refractivity contribution in [1.29, 1.82) is 0 Å². The molecule has 0 fully saturated rings. The normalized spacial score (nSPS) is 11.3. The highest BCUT2D eigenvalue weighted by atomic mass is 32.2. The van der Waals surface area contributed by atoms with Crippen LogP contribution in [-0.2, 0) is 9.84 Å². The summed E-state index contributed by atoms with van der Waals surface area (Å²) in [6.07, 6.45) is 1.16. The van der Waals surface area contributed by atoms with Crippen molar-refractivity contribution in [3.63, 3.8) is 0 Å². The molecule has 1 aromatic heterocycles. The number of nitrogen functional groups attached to an aromatic ring is 1. The van der Waals surface area contributed by atoms with Crippen LogP contribution >= 0.6 is 0 Å². The Morgan fingerprint density at radius 1 is 0.870 bits per heavy atom. The summed E-state index contributed by atoms with van der Waals surface area (Å²) in [5.41, 5.74) is 8.15. The maximum absolute atomic E-state index is 11.8. The van der Waals surface area contributed by atoms with E-state index in [0.717, 1.165) is 11.8 Å². The fourth-order valence-corrected chi connectivity index (χ4v) is 2.87. The largest absolute Gasteiger partial charge is 0.366 e. The summed E-state index contributed by atoms with van der Waals surface area (Å²) in [6, 6.07) is 15.9. The number of benzene rings is 2. The van der Waals surface area contributed by atoms with Crippen molar-refractivity contribution in [2.45, 2.75) is 4.90 Å². The van der Waals surface area contributed by atoms with Crippen LogP contribution in [0.5, 0.6) is 0 Å². The van der Waals surface area contributed by atoms with E-state index in [4.69, 9.17) is 5.73 Å². The lowest BCUT2D eigenvalue weighted by Crippen LogP contribution is -2.03. The van der Waals surface area contributed by atoms with Crippen molar-refractivity contribution in [1.82, 2.24) is 15.2 Å². The smallest absolute Gasteiger partial charge is 0.240 e. The Balaban J connectivity index is 2.22. The summed E-state index contributed by atoms with van der Waals surface area (Å²) in [4.78, 5) is 4.48. The lowest BCUT2D eigenvalue weighted by atomic mass is 10.0. The molecule has 3 rings (SSSR count). The molecular weight excluding hydrogens is 312 g/mol. The quantitative estimate of drug-likeness (QED) is 0.792. The van der Waals surface area contributed by atoms with Crippen molar-refractivity contribution < 1.29 is 8.42 Å². The third-order valence-electron chi connectivity index (χ3n) is 3.29. The molecule has 0 aliphatic heterocycles. The third kappa shape index (κ3) is 3.19. The number of aromatic nitrogens is 3. The summed E-state index contributed by atoms with van der Waals surface area (Å²) in [7, 11) is -3.31. The van der Waals surface area contributed by atoms with E-state index >= 15 is 0 Å². The summed E-state index contributed by atoms with van der Waals surface area (Å²) in [6.45, 7) is 0. The number of sulfone groups is 1. The Morgan fingerprint density at radius 2 is 1.57 bits per heavy atom. The van der Waals surface area contributed by atoms with E-state index in [-0.39, 0.29) is 10.8 Å². The monoisotopic (exact) mass is 326 g/mol. The average Bonchev–Trinajstić information content (AvgIpc) is 2.55. The lowest BCUT2D eigenvalue weighted by Gasteiger charge is -2.09. The molecule has 2 N–H and O–H groups in total. The third-order valence-corrected chi connectivity index (χ3v) is 4.40. The zero-order valence-electron chi connectivity index (χ0n) is 12.3. The Bertz CT molecular complexity index is 957. The standard InChI is InChI=1S/C16H14N4O2S/c1-23(21,22)13-9-5-8-12(10-13)15-14(18-16(17)20-19-15)11-6-3-2-4-7-11/h2-10H,1H3,(H2,17,18,20). The van der Waals surface area contributed by atoms with Gasteiger partial charge < -0.3 is 5.73 Å². The van der Waals surface area contributed by atoms with Crippen LogP contribution in [0.1, 0.15) is 0 Å². The Labute approximate surface area is 134 Å². The van der Waals surface area contributed by atoms with Gasteiger partial charge in [0.05, 0.1) is 4.90 Å². The molecule has 0 amide bonds. The average molecular weight is 326 g/mol. The van der Waals surface area contributed by atoms with Gasteiger partial charge in [-0.15, -0.1) is 10.2 Å². The van der Waals surface area contributed by atoms with Gasteiger partial charge in [-0.2, -0.15) is 0 Å². The van der Waals surface area contributed by atoms with Gasteiger partial charge in [0.15, 0.2) is 9.84 Å². The second-order valence-electron chi connectivity index (χ2n) is 5.03. The minimum absolute atomic E-state index is 0.0619. The van der Waals surface area contributed by atoms with Crippen LogP contribution in [0.3, 0.4) is 0 Å². The van der Waals surface area contributed by atoms with Crippen molar-refractivity contribution in [2.75, 3.05) is 12.0 Å². The summed E-state index contributed by atoms with van der Waals surface area (Å²) >= 11 is 0. The lowest BCUT2D eigenvalue weighted by molar-refractivity contribution is 0.602. The molecule has 0 unspecified atom stereocenters. The summed E-state index contributed by atoms with van der Waals surface area (Å²) in [5.74, 6) is 0.0619. The fraction of sp³-hybridized carbons (Fsp3) is 0.0625. The van der Waals surface area contributed by atoms with Crippen LogP contribution < -0.4 is 5.73 Å².